The second kappa shape index (κ2) is 6.19. The molecule has 0 bridgehead atoms. The first-order valence-corrected chi connectivity index (χ1v) is 7.87. The lowest BCUT2D eigenvalue weighted by Gasteiger charge is -2.09. The van der Waals surface area contributed by atoms with Gasteiger partial charge >= 0.3 is 5.97 Å². The van der Waals surface area contributed by atoms with Crippen molar-refractivity contribution in [2.45, 2.75) is 13.3 Å². The van der Waals surface area contributed by atoms with Crippen LogP contribution in [0.15, 0.2) is 42.5 Å². The van der Waals surface area contributed by atoms with E-state index in [1.165, 1.54) is 5.56 Å². The zero-order valence-electron chi connectivity index (χ0n) is 12.3. The minimum atomic E-state index is -1.04. The van der Waals surface area contributed by atoms with Crippen LogP contribution in [0.2, 0.25) is 10.0 Å². The molecule has 1 N–H and O–H groups in total. The molecule has 116 valence electrons. The average molecular weight is 346 g/mol. The molecule has 3 rings (SSSR count). The fourth-order valence-corrected chi connectivity index (χ4v) is 3.02. The third kappa shape index (κ3) is 3.03. The normalized spacial score (nSPS) is 10.9. The number of fused-ring (bicyclic) bond motifs is 1. The van der Waals surface area contributed by atoms with E-state index >= 15 is 0 Å². The molecule has 3 aromatic rings. The van der Waals surface area contributed by atoms with Gasteiger partial charge < -0.3 is 5.11 Å². The van der Waals surface area contributed by atoms with Gasteiger partial charge in [-0.25, -0.2) is 9.78 Å². The second-order valence-corrected chi connectivity index (χ2v) is 6.04. The van der Waals surface area contributed by atoms with Gasteiger partial charge in [-0.05, 0) is 30.2 Å². The third-order valence-electron chi connectivity index (χ3n) is 3.72. The summed E-state index contributed by atoms with van der Waals surface area (Å²) in [6.07, 6.45) is 0.941. The van der Waals surface area contributed by atoms with Crippen molar-refractivity contribution in [1.29, 1.82) is 0 Å². The monoisotopic (exact) mass is 345 g/mol. The number of aryl methyl sites for hydroxylation is 1. The number of hydrogen-bond acceptors (Lipinski definition) is 2. The fourth-order valence-electron chi connectivity index (χ4n) is 2.49. The van der Waals surface area contributed by atoms with Crippen LogP contribution in [0.3, 0.4) is 0 Å². The predicted octanol–water partition coefficient (Wildman–Crippen LogP) is 5.47. The quantitative estimate of drug-likeness (QED) is 0.684. The maximum Gasteiger partial charge on any atom is 0.336 e. The van der Waals surface area contributed by atoms with Crippen molar-refractivity contribution in [3.05, 3.63) is 63.6 Å². The lowest BCUT2D eigenvalue weighted by Crippen LogP contribution is -2.01. The molecule has 3 nitrogen and oxygen atoms in total. The van der Waals surface area contributed by atoms with Crippen molar-refractivity contribution in [2.75, 3.05) is 0 Å². The largest absolute Gasteiger partial charge is 0.478 e. The maximum atomic E-state index is 11.6. The molecule has 2 aromatic carbocycles. The van der Waals surface area contributed by atoms with E-state index in [1.54, 1.807) is 18.2 Å². The zero-order valence-corrected chi connectivity index (χ0v) is 13.8. The summed E-state index contributed by atoms with van der Waals surface area (Å²) in [4.78, 5) is 16.1. The molecule has 0 saturated heterocycles. The Morgan fingerprint density at radius 3 is 2.43 bits per heavy atom. The number of hydrogen-bond donors (Lipinski definition) is 1. The first-order valence-electron chi connectivity index (χ1n) is 7.12. The number of halogens is 2. The van der Waals surface area contributed by atoms with Crippen molar-refractivity contribution >= 4 is 40.1 Å². The highest BCUT2D eigenvalue weighted by atomic mass is 35.5. The molecule has 1 heterocycles. The van der Waals surface area contributed by atoms with E-state index < -0.39 is 5.97 Å². The molecule has 5 heteroatoms. The zero-order chi connectivity index (χ0) is 16.6. The molecule has 23 heavy (non-hydrogen) atoms. The molecular weight excluding hydrogens is 333 g/mol. The lowest BCUT2D eigenvalue weighted by atomic mass is 10.0. The molecule has 0 radical (unpaired) electrons. The Morgan fingerprint density at radius 2 is 1.83 bits per heavy atom. The van der Waals surface area contributed by atoms with Gasteiger partial charge in [0.25, 0.3) is 0 Å². The third-order valence-corrected chi connectivity index (χ3v) is 4.23. The number of carbonyl (C=O) groups is 1. The van der Waals surface area contributed by atoms with Gasteiger partial charge in [0.1, 0.15) is 0 Å². The molecule has 0 spiro atoms. The highest BCUT2D eigenvalue weighted by molar-refractivity contribution is 6.38. The smallest absolute Gasteiger partial charge is 0.336 e. The number of pyridine rings is 1. The number of carboxylic acids is 1. The SMILES string of the molecule is CCc1ccc(-c2cc(C(=O)O)c3cc(Cl)cc(Cl)c3n2)cc1. The highest BCUT2D eigenvalue weighted by Gasteiger charge is 2.15. The number of aromatic nitrogens is 1. The summed E-state index contributed by atoms with van der Waals surface area (Å²) in [6, 6.07) is 12.6. The maximum absolute atomic E-state index is 11.6. The van der Waals surface area contributed by atoms with Gasteiger partial charge in [0.2, 0.25) is 0 Å². The average Bonchev–Trinajstić information content (AvgIpc) is 2.54. The molecule has 0 aliphatic heterocycles. The lowest BCUT2D eigenvalue weighted by molar-refractivity contribution is 0.0699. The number of carboxylic acid groups (broad SMARTS) is 1. The van der Waals surface area contributed by atoms with Crippen LogP contribution in [0, 0.1) is 0 Å². The molecule has 0 fully saturated rings. The summed E-state index contributed by atoms with van der Waals surface area (Å²) in [5, 5.41) is 10.7. The number of rotatable bonds is 3. The summed E-state index contributed by atoms with van der Waals surface area (Å²) < 4.78 is 0. The molecule has 0 aliphatic rings. The topological polar surface area (TPSA) is 50.2 Å². The Bertz CT molecular complexity index is 905. The van der Waals surface area contributed by atoms with Crippen LogP contribution >= 0.6 is 23.2 Å². The van der Waals surface area contributed by atoms with Gasteiger partial charge in [0.05, 0.1) is 21.8 Å². The predicted molar refractivity (Wildman–Crippen MR) is 93.5 cm³/mol. The Kier molecular flexibility index (Phi) is 4.24. The summed E-state index contributed by atoms with van der Waals surface area (Å²) in [7, 11) is 0. The second-order valence-electron chi connectivity index (χ2n) is 5.19. The molecule has 0 saturated carbocycles. The van der Waals surface area contributed by atoms with Crippen LogP contribution in [0.4, 0.5) is 0 Å². The van der Waals surface area contributed by atoms with E-state index in [0.717, 1.165) is 12.0 Å². The van der Waals surface area contributed by atoms with E-state index in [2.05, 4.69) is 11.9 Å². The van der Waals surface area contributed by atoms with E-state index in [-0.39, 0.29) is 5.56 Å². The van der Waals surface area contributed by atoms with Gasteiger partial charge in [-0.15, -0.1) is 0 Å². The first kappa shape index (κ1) is 15.8. The Morgan fingerprint density at radius 1 is 1.13 bits per heavy atom. The molecule has 0 unspecified atom stereocenters. The van der Waals surface area contributed by atoms with Crippen molar-refractivity contribution in [2.24, 2.45) is 0 Å². The number of aromatic carboxylic acids is 1. The van der Waals surface area contributed by atoms with Crippen LogP contribution in [-0.4, -0.2) is 16.1 Å². The number of benzene rings is 2. The summed E-state index contributed by atoms with van der Waals surface area (Å²) >= 11 is 12.2. The van der Waals surface area contributed by atoms with Crippen LogP contribution in [0.1, 0.15) is 22.8 Å². The molecule has 0 atom stereocenters. The van der Waals surface area contributed by atoms with E-state index in [0.29, 0.717) is 26.6 Å². The summed E-state index contributed by atoms with van der Waals surface area (Å²) in [5.74, 6) is -1.04. The van der Waals surface area contributed by atoms with E-state index in [9.17, 15) is 9.90 Å². The van der Waals surface area contributed by atoms with E-state index in [4.69, 9.17) is 23.2 Å². The fraction of sp³-hybridized carbons (Fsp3) is 0.111. The first-order chi connectivity index (χ1) is 11.0. The van der Waals surface area contributed by atoms with Crippen LogP contribution in [0.25, 0.3) is 22.2 Å². The molecule has 0 amide bonds. The van der Waals surface area contributed by atoms with Gasteiger partial charge in [0, 0.05) is 16.0 Å². The van der Waals surface area contributed by atoms with Crippen LogP contribution < -0.4 is 0 Å². The van der Waals surface area contributed by atoms with Gasteiger partial charge in [0.15, 0.2) is 0 Å². The van der Waals surface area contributed by atoms with Crippen molar-refractivity contribution < 1.29 is 9.90 Å². The molecule has 0 aliphatic carbocycles. The van der Waals surface area contributed by atoms with Crippen molar-refractivity contribution in [1.82, 2.24) is 4.98 Å². The minimum absolute atomic E-state index is 0.133. The standard InChI is InChI=1S/C18H13Cl2NO2/c1-2-10-3-5-11(6-4-10)16-9-14(18(22)23)13-7-12(19)8-15(20)17(13)21-16/h3-9H,2H2,1H3,(H,22,23). The minimum Gasteiger partial charge on any atom is -0.478 e. The Labute approximate surface area is 143 Å². The van der Waals surface area contributed by atoms with Crippen LogP contribution in [0.5, 0.6) is 0 Å². The van der Waals surface area contributed by atoms with Gasteiger partial charge in [-0.2, -0.15) is 0 Å². The summed E-state index contributed by atoms with van der Waals surface area (Å²) in [6.45, 7) is 2.08. The Balaban J connectivity index is 2.27. The Hall–Kier alpha value is -2.10. The molecular formula is C18H13Cl2NO2. The van der Waals surface area contributed by atoms with Gasteiger partial charge in [-0.3, -0.25) is 0 Å². The van der Waals surface area contributed by atoms with Crippen molar-refractivity contribution in [3.8, 4) is 11.3 Å². The van der Waals surface area contributed by atoms with Gasteiger partial charge in [-0.1, -0.05) is 54.4 Å². The summed E-state index contributed by atoms with van der Waals surface area (Å²) in [5.41, 5.74) is 3.19. The highest BCUT2D eigenvalue weighted by Crippen LogP contribution is 2.32. The van der Waals surface area contributed by atoms with Crippen LogP contribution in [-0.2, 0) is 6.42 Å². The van der Waals surface area contributed by atoms with E-state index in [1.807, 2.05) is 24.3 Å². The number of nitrogens with zero attached hydrogens (tertiary/aromatic N) is 1. The van der Waals surface area contributed by atoms with Crippen molar-refractivity contribution in [3.63, 3.8) is 0 Å². The molecule has 1 aromatic heterocycles.